The van der Waals surface area contributed by atoms with Crippen LogP contribution in [0.3, 0.4) is 0 Å². The minimum Gasteiger partial charge on any atom is -0.489 e. The molecule has 2 aromatic rings. The lowest BCUT2D eigenvalue weighted by molar-refractivity contribution is -0.384. The molecule has 1 fully saturated rings. The SMILES string of the molecule is O=C(NCc1cc(Cl)c2c(c1)OCCCO2)c1ccc(N2CCCC2)c([N+](=O)[O-])c1. The maximum atomic E-state index is 12.6. The predicted molar refractivity (Wildman–Crippen MR) is 113 cm³/mol. The summed E-state index contributed by atoms with van der Waals surface area (Å²) in [5.74, 6) is 0.668. The van der Waals surface area contributed by atoms with Crippen molar-refractivity contribution in [1.82, 2.24) is 5.32 Å². The maximum Gasteiger partial charge on any atom is 0.293 e. The number of ether oxygens (including phenoxy) is 2. The molecule has 2 aliphatic rings. The van der Waals surface area contributed by atoms with Crippen molar-refractivity contribution in [2.75, 3.05) is 31.2 Å². The van der Waals surface area contributed by atoms with Crippen molar-refractivity contribution < 1.29 is 19.2 Å². The van der Waals surface area contributed by atoms with E-state index in [0.29, 0.717) is 35.4 Å². The molecule has 158 valence electrons. The highest BCUT2D eigenvalue weighted by atomic mass is 35.5. The van der Waals surface area contributed by atoms with Crippen LogP contribution < -0.4 is 19.7 Å². The average molecular weight is 432 g/mol. The summed E-state index contributed by atoms with van der Waals surface area (Å²) in [6, 6.07) is 8.11. The fraction of sp³-hybridized carbons (Fsp3) is 0.381. The zero-order valence-electron chi connectivity index (χ0n) is 16.4. The van der Waals surface area contributed by atoms with Gasteiger partial charge in [-0.1, -0.05) is 11.6 Å². The number of hydrogen-bond donors (Lipinski definition) is 1. The highest BCUT2D eigenvalue weighted by molar-refractivity contribution is 6.32. The molecule has 0 radical (unpaired) electrons. The number of anilines is 1. The molecule has 4 rings (SSSR count). The van der Waals surface area contributed by atoms with Gasteiger partial charge in [-0.3, -0.25) is 14.9 Å². The Morgan fingerprint density at radius 2 is 1.90 bits per heavy atom. The smallest absolute Gasteiger partial charge is 0.293 e. The summed E-state index contributed by atoms with van der Waals surface area (Å²) in [6.07, 6.45) is 2.79. The number of nitro groups is 1. The van der Waals surface area contributed by atoms with Gasteiger partial charge in [-0.15, -0.1) is 0 Å². The third-order valence-electron chi connectivity index (χ3n) is 5.20. The molecule has 1 N–H and O–H groups in total. The van der Waals surface area contributed by atoms with E-state index in [1.807, 2.05) is 4.90 Å². The summed E-state index contributed by atoms with van der Waals surface area (Å²) >= 11 is 6.29. The molecule has 0 unspecified atom stereocenters. The van der Waals surface area contributed by atoms with Gasteiger partial charge in [0.2, 0.25) is 0 Å². The normalized spacial score (nSPS) is 15.6. The van der Waals surface area contributed by atoms with E-state index in [1.165, 1.54) is 6.07 Å². The van der Waals surface area contributed by atoms with Gasteiger partial charge in [-0.25, -0.2) is 0 Å². The van der Waals surface area contributed by atoms with Crippen LogP contribution in [0.5, 0.6) is 11.5 Å². The quantitative estimate of drug-likeness (QED) is 0.569. The Kier molecular flexibility index (Phi) is 5.94. The molecule has 8 nitrogen and oxygen atoms in total. The largest absolute Gasteiger partial charge is 0.489 e. The standard InChI is InChI=1S/C21H22ClN3O5/c22-16-10-14(11-19-20(16)30-9-3-8-29-19)13-23-21(26)15-4-5-17(18(12-15)25(27)28)24-6-1-2-7-24/h4-5,10-12H,1-3,6-9,13H2,(H,23,26). The van der Waals surface area contributed by atoms with Crippen LogP contribution in [0.25, 0.3) is 0 Å². The van der Waals surface area contributed by atoms with Crippen LogP contribution in [0, 0.1) is 10.1 Å². The number of hydrogen-bond acceptors (Lipinski definition) is 6. The second-order valence-electron chi connectivity index (χ2n) is 7.29. The summed E-state index contributed by atoms with van der Waals surface area (Å²) < 4.78 is 11.3. The van der Waals surface area contributed by atoms with Gasteiger partial charge < -0.3 is 19.7 Å². The first-order valence-corrected chi connectivity index (χ1v) is 10.3. The van der Waals surface area contributed by atoms with Gasteiger partial charge in [0.25, 0.3) is 11.6 Å². The lowest BCUT2D eigenvalue weighted by Gasteiger charge is -2.18. The van der Waals surface area contributed by atoms with Crippen LogP contribution in [-0.2, 0) is 6.54 Å². The zero-order chi connectivity index (χ0) is 21.1. The van der Waals surface area contributed by atoms with E-state index in [-0.39, 0.29) is 17.8 Å². The monoisotopic (exact) mass is 431 g/mol. The molecule has 0 atom stereocenters. The Morgan fingerprint density at radius 3 is 2.67 bits per heavy atom. The van der Waals surface area contributed by atoms with E-state index in [1.54, 1.807) is 24.3 Å². The number of halogens is 1. The molecule has 2 aliphatic heterocycles. The molecule has 2 heterocycles. The molecule has 0 spiro atoms. The Balaban J connectivity index is 1.49. The molecule has 0 aromatic heterocycles. The molecule has 30 heavy (non-hydrogen) atoms. The van der Waals surface area contributed by atoms with E-state index in [2.05, 4.69) is 5.32 Å². The van der Waals surface area contributed by atoms with Gasteiger partial charge >= 0.3 is 0 Å². The first-order valence-electron chi connectivity index (χ1n) is 9.92. The molecule has 9 heteroatoms. The average Bonchev–Trinajstić information content (AvgIpc) is 3.17. The fourth-order valence-electron chi connectivity index (χ4n) is 3.71. The third-order valence-corrected chi connectivity index (χ3v) is 5.48. The van der Waals surface area contributed by atoms with Crippen LogP contribution in [-0.4, -0.2) is 37.1 Å². The van der Waals surface area contributed by atoms with E-state index < -0.39 is 10.8 Å². The topological polar surface area (TPSA) is 93.9 Å². The minimum absolute atomic E-state index is 0.0526. The summed E-state index contributed by atoms with van der Waals surface area (Å²) in [7, 11) is 0. The van der Waals surface area contributed by atoms with Crippen molar-refractivity contribution in [3.8, 4) is 11.5 Å². The van der Waals surface area contributed by atoms with Crippen LogP contribution >= 0.6 is 11.6 Å². The number of nitrogens with zero attached hydrogens (tertiary/aromatic N) is 2. The number of carbonyl (C=O) groups excluding carboxylic acids is 1. The van der Waals surface area contributed by atoms with Gasteiger partial charge in [0.15, 0.2) is 11.5 Å². The molecule has 2 aromatic carbocycles. The predicted octanol–water partition coefficient (Wildman–Crippen LogP) is 3.94. The number of nitro benzene ring substituents is 1. The van der Waals surface area contributed by atoms with E-state index in [0.717, 1.165) is 37.9 Å². The van der Waals surface area contributed by atoms with Crippen molar-refractivity contribution >= 4 is 28.9 Å². The molecule has 0 aliphatic carbocycles. The van der Waals surface area contributed by atoms with E-state index in [9.17, 15) is 14.9 Å². The number of amides is 1. The van der Waals surface area contributed by atoms with Crippen LogP contribution in [0.1, 0.15) is 35.2 Å². The number of fused-ring (bicyclic) bond motifs is 1. The fourth-order valence-corrected chi connectivity index (χ4v) is 3.99. The van der Waals surface area contributed by atoms with Crippen molar-refractivity contribution in [3.63, 3.8) is 0 Å². The van der Waals surface area contributed by atoms with Crippen LogP contribution in [0.2, 0.25) is 5.02 Å². The maximum absolute atomic E-state index is 12.6. The molecule has 0 bridgehead atoms. The highest BCUT2D eigenvalue weighted by Crippen LogP contribution is 2.38. The van der Waals surface area contributed by atoms with Crippen molar-refractivity contribution in [2.24, 2.45) is 0 Å². The van der Waals surface area contributed by atoms with Crippen molar-refractivity contribution in [3.05, 3.63) is 56.6 Å². The Morgan fingerprint density at radius 1 is 1.13 bits per heavy atom. The number of carbonyl (C=O) groups is 1. The number of benzene rings is 2. The number of nitrogens with one attached hydrogen (secondary N) is 1. The lowest BCUT2D eigenvalue weighted by Crippen LogP contribution is -2.24. The Labute approximate surface area is 178 Å². The van der Waals surface area contributed by atoms with Gasteiger partial charge in [0.1, 0.15) is 5.69 Å². The zero-order valence-corrected chi connectivity index (χ0v) is 17.1. The second kappa shape index (κ2) is 8.79. The first-order chi connectivity index (χ1) is 14.5. The first kappa shape index (κ1) is 20.3. The molecular weight excluding hydrogens is 410 g/mol. The van der Waals surface area contributed by atoms with Gasteiger partial charge in [-0.05, 0) is 42.7 Å². The molecule has 1 amide bonds. The third kappa shape index (κ3) is 4.28. The van der Waals surface area contributed by atoms with Gasteiger partial charge in [-0.2, -0.15) is 0 Å². The van der Waals surface area contributed by atoms with Crippen LogP contribution in [0.4, 0.5) is 11.4 Å². The Bertz CT molecular complexity index is 975. The lowest BCUT2D eigenvalue weighted by atomic mass is 10.1. The molecular formula is C21H22ClN3O5. The molecule has 1 saturated heterocycles. The summed E-state index contributed by atoms with van der Waals surface area (Å²) in [6.45, 7) is 2.85. The van der Waals surface area contributed by atoms with Gasteiger partial charge in [0.05, 0.1) is 23.2 Å². The van der Waals surface area contributed by atoms with E-state index >= 15 is 0 Å². The van der Waals surface area contributed by atoms with Crippen molar-refractivity contribution in [1.29, 1.82) is 0 Å². The van der Waals surface area contributed by atoms with Crippen LogP contribution in [0.15, 0.2) is 30.3 Å². The number of rotatable bonds is 5. The molecule has 0 saturated carbocycles. The summed E-state index contributed by atoms with van der Waals surface area (Å²) in [5.41, 5.74) is 1.50. The summed E-state index contributed by atoms with van der Waals surface area (Å²) in [5, 5.41) is 14.8. The Hall–Kier alpha value is -3.00. The second-order valence-corrected chi connectivity index (χ2v) is 7.70. The van der Waals surface area contributed by atoms with Gasteiger partial charge in [0, 0.05) is 37.7 Å². The highest BCUT2D eigenvalue weighted by Gasteiger charge is 2.24. The summed E-state index contributed by atoms with van der Waals surface area (Å²) in [4.78, 5) is 25.7. The van der Waals surface area contributed by atoms with E-state index in [4.69, 9.17) is 21.1 Å². The van der Waals surface area contributed by atoms with Crippen molar-refractivity contribution in [2.45, 2.75) is 25.8 Å². The minimum atomic E-state index is -0.437.